The van der Waals surface area contributed by atoms with Crippen molar-refractivity contribution in [1.29, 1.82) is 0 Å². The fourth-order valence-electron chi connectivity index (χ4n) is 2.00. The number of amides is 2. The van der Waals surface area contributed by atoms with Gasteiger partial charge in [-0.05, 0) is 5.56 Å². The maximum atomic E-state index is 12.4. The van der Waals surface area contributed by atoms with Crippen LogP contribution < -0.4 is 5.32 Å². The second-order valence-electron chi connectivity index (χ2n) is 6.55. The minimum absolute atomic E-state index is 0.0140. The molecule has 1 N–H and O–H groups in total. The largest absolute Gasteiger partial charge is 0.383 e. The molecule has 0 spiro atoms. The third-order valence-corrected chi connectivity index (χ3v) is 3.44. The minimum atomic E-state index is -0.442. The maximum Gasteiger partial charge on any atom is 0.225 e. The molecule has 0 radical (unpaired) electrons. The van der Waals surface area contributed by atoms with E-state index in [1.54, 1.807) is 12.0 Å². The van der Waals surface area contributed by atoms with E-state index in [2.05, 4.69) is 5.32 Å². The average Bonchev–Trinajstić information content (AvgIpc) is 2.51. The summed E-state index contributed by atoms with van der Waals surface area (Å²) >= 11 is 0. The molecule has 0 bridgehead atoms. The number of carbonyl (C=O) groups is 2. The molecule has 23 heavy (non-hydrogen) atoms. The van der Waals surface area contributed by atoms with Crippen molar-refractivity contribution in [1.82, 2.24) is 10.2 Å². The van der Waals surface area contributed by atoms with Gasteiger partial charge in [0.25, 0.3) is 0 Å². The Kier molecular flexibility index (Phi) is 7.75. The zero-order chi connectivity index (χ0) is 17.3. The van der Waals surface area contributed by atoms with Gasteiger partial charge < -0.3 is 15.0 Å². The molecule has 1 aromatic rings. The molecule has 0 atom stereocenters. The molecule has 1 aromatic carbocycles. The first-order valence-electron chi connectivity index (χ1n) is 7.93. The molecular weight excluding hydrogens is 292 g/mol. The standard InChI is InChI=1S/C18H28N2O3/c1-18(2,3)17(22)19-11-10-16(21)20(12-13-23-4)14-15-8-6-5-7-9-15/h5-9H,10-14H2,1-4H3,(H,19,22). The van der Waals surface area contributed by atoms with Crippen molar-refractivity contribution in [3.8, 4) is 0 Å². The molecule has 128 valence electrons. The Bertz CT molecular complexity index is 495. The van der Waals surface area contributed by atoms with Crippen LogP contribution in [-0.2, 0) is 20.9 Å². The molecule has 1 rings (SSSR count). The Balaban J connectivity index is 2.53. The Morgan fingerprint density at radius 3 is 2.39 bits per heavy atom. The maximum absolute atomic E-state index is 12.4. The van der Waals surface area contributed by atoms with E-state index in [9.17, 15) is 9.59 Å². The second kappa shape index (κ2) is 9.30. The van der Waals surface area contributed by atoms with Gasteiger partial charge in [-0.3, -0.25) is 9.59 Å². The van der Waals surface area contributed by atoms with Crippen molar-refractivity contribution in [3.63, 3.8) is 0 Å². The smallest absolute Gasteiger partial charge is 0.225 e. The molecule has 5 nitrogen and oxygen atoms in total. The van der Waals surface area contributed by atoms with E-state index in [0.29, 0.717) is 32.7 Å². The Morgan fingerprint density at radius 2 is 1.83 bits per heavy atom. The summed E-state index contributed by atoms with van der Waals surface area (Å²) in [4.78, 5) is 26.0. The van der Waals surface area contributed by atoms with Crippen LogP contribution in [0.1, 0.15) is 32.8 Å². The molecule has 0 fully saturated rings. The van der Waals surface area contributed by atoms with Crippen molar-refractivity contribution in [3.05, 3.63) is 35.9 Å². The van der Waals surface area contributed by atoms with Gasteiger partial charge in [0.05, 0.1) is 6.61 Å². The van der Waals surface area contributed by atoms with Gasteiger partial charge in [-0.25, -0.2) is 0 Å². The van der Waals surface area contributed by atoms with Crippen molar-refractivity contribution in [2.24, 2.45) is 5.41 Å². The predicted octanol–water partition coefficient (Wildman–Crippen LogP) is 2.21. The van der Waals surface area contributed by atoms with E-state index < -0.39 is 5.41 Å². The first-order valence-corrected chi connectivity index (χ1v) is 7.93. The highest BCUT2D eigenvalue weighted by molar-refractivity contribution is 5.82. The molecule has 0 aromatic heterocycles. The molecule has 0 aliphatic carbocycles. The summed E-state index contributed by atoms with van der Waals surface area (Å²) in [5.41, 5.74) is 0.638. The number of hydrogen-bond acceptors (Lipinski definition) is 3. The van der Waals surface area contributed by atoms with Crippen LogP contribution in [0.5, 0.6) is 0 Å². The van der Waals surface area contributed by atoms with Crippen LogP contribution in [-0.4, -0.2) is 43.5 Å². The number of carbonyl (C=O) groups excluding carboxylic acids is 2. The summed E-state index contributed by atoms with van der Waals surface area (Å²) in [6.07, 6.45) is 0.290. The lowest BCUT2D eigenvalue weighted by atomic mass is 9.96. The third-order valence-electron chi connectivity index (χ3n) is 3.44. The van der Waals surface area contributed by atoms with Crippen LogP contribution in [0.25, 0.3) is 0 Å². The van der Waals surface area contributed by atoms with Gasteiger partial charge in [0, 0.05) is 38.6 Å². The zero-order valence-electron chi connectivity index (χ0n) is 14.6. The van der Waals surface area contributed by atoms with Crippen LogP contribution in [0.2, 0.25) is 0 Å². The van der Waals surface area contributed by atoms with E-state index in [4.69, 9.17) is 4.74 Å². The van der Waals surface area contributed by atoms with E-state index >= 15 is 0 Å². The molecule has 0 aliphatic rings. The molecule has 0 aliphatic heterocycles. The van der Waals surface area contributed by atoms with Gasteiger partial charge in [-0.2, -0.15) is 0 Å². The topological polar surface area (TPSA) is 58.6 Å². The second-order valence-corrected chi connectivity index (χ2v) is 6.55. The lowest BCUT2D eigenvalue weighted by Crippen LogP contribution is -2.39. The first-order chi connectivity index (χ1) is 10.8. The van der Waals surface area contributed by atoms with E-state index in [0.717, 1.165) is 5.56 Å². The summed E-state index contributed by atoms with van der Waals surface area (Å²) in [5, 5.41) is 2.81. The van der Waals surface area contributed by atoms with Crippen molar-refractivity contribution in [2.45, 2.75) is 33.7 Å². The minimum Gasteiger partial charge on any atom is -0.383 e. The van der Waals surface area contributed by atoms with Crippen LogP contribution in [0.15, 0.2) is 30.3 Å². The number of hydrogen-bond donors (Lipinski definition) is 1. The van der Waals surface area contributed by atoms with Gasteiger partial charge >= 0.3 is 0 Å². The molecular formula is C18H28N2O3. The molecule has 2 amide bonds. The van der Waals surface area contributed by atoms with E-state index in [-0.39, 0.29) is 11.8 Å². The average molecular weight is 320 g/mol. The summed E-state index contributed by atoms with van der Waals surface area (Å²) in [6.45, 7) is 7.49. The quantitative estimate of drug-likeness (QED) is 0.799. The Morgan fingerprint density at radius 1 is 1.17 bits per heavy atom. The lowest BCUT2D eigenvalue weighted by molar-refractivity contribution is -0.133. The van der Waals surface area contributed by atoms with Crippen LogP contribution >= 0.6 is 0 Å². The molecule has 0 heterocycles. The van der Waals surface area contributed by atoms with Crippen molar-refractivity contribution in [2.75, 3.05) is 26.8 Å². The molecule has 5 heteroatoms. The van der Waals surface area contributed by atoms with Crippen LogP contribution in [0.4, 0.5) is 0 Å². The zero-order valence-corrected chi connectivity index (χ0v) is 14.6. The summed E-state index contributed by atoms with van der Waals surface area (Å²) in [5.74, 6) is -0.0306. The first kappa shape index (κ1) is 19.2. The predicted molar refractivity (Wildman–Crippen MR) is 90.8 cm³/mol. The lowest BCUT2D eigenvalue weighted by Gasteiger charge is -2.23. The highest BCUT2D eigenvalue weighted by Gasteiger charge is 2.21. The third kappa shape index (κ3) is 7.28. The van der Waals surface area contributed by atoms with E-state index in [1.165, 1.54) is 0 Å². The van der Waals surface area contributed by atoms with Crippen LogP contribution in [0, 0.1) is 5.41 Å². The number of nitrogens with zero attached hydrogens (tertiary/aromatic N) is 1. The van der Waals surface area contributed by atoms with Gasteiger partial charge in [-0.15, -0.1) is 0 Å². The van der Waals surface area contributed by atoms with E-state index in [1.807, 2.05) is 51.1 Å². The monoisotopic (exact) mass is 320 g/mol. The molecule has 0 saturated carbocycles. The number of methoxy groups -OCH3 is 1. The number of nitrogens with one attached hydrogen (secondary N) is 1. The number of benzene rings is 1. The van der Waals surface area contributed by atoms with Gasteiger partial charge in [0.1, 0.15) is 0 Å². The van der Waals surface area contributed by atoms with Crippen molar-refractivity contribution < 1.29 is 14.3 Å². The molecule has 0 unspecified atom stereocenters. The van der Waals surface area contributed by atoms with Gasteiger partial charge in [0.15, 0.2) is 0 Å². The van der Waals surface area contributed by atoms with Crippen molar-refractivity contribution >= 4 is 11.8 Å². The highest BCUT2D eigenvalue weighted by atomic mass is 16.5. The normalized spacial score (nSPS) is 11.1. The summed E-state index contributed by atoms with van der Waals surface area (Å²) < 4.78 is 5.08. The fourth-order valence-corrected chi connectivity index (χ4v) is 2.00. The SMILES string of the molecule is COCCN(Cc1ccccc1)C(=O)CCNC(=O)C(C)(C)C. The Labute approximate surface area is 139 Å². The van der Waals surface area contributed by atoms with Gasteiger partial charge in [-0.1, -0.05) is 51.1 Å². The summed E-state index contributed by atoms with van der Waals surface area (Å²) in [6, 6.07) is 9.85. The number of ether oxygens (including phenoxy) is 1. The highest BCUT2D eigenvalue weighted by Crippen LogP contribution is 2.12. The van der Waals surface area contributed by atoms with Crippen LogP contribution in [0.3, 0.4) is 0 Å². The summed E-state index contributed by atoms with van der Waals surface area (Å²) in [7, 11) is 1.62. The Hall–Kier alpha value is -1.88. The fraction of sp³-hybridized carbons (Fsp3) is 0.556. The van der Waals surface area contributed by atoms with Gasteiger partial charge in [0.2, 0.25) is 11.8 Å². The molecule has 0 saturated heterocycles. The number of rotatable bonds is 8.